The highest BCUT2D eigenvalue weighted by Crippen LogP contribution is 2.32. The van der Waals surface area contributed by atoms with E-state index >= 15 is 0 Å². The molecule has 0 radical (unpaired) electrons. The van der Waals surface area contributed by atoms with Gasteiger partial charge in [-0.1, -0.05) is 18.2 Å². The number of halogens is 1. The molecule has 2 aromatic rings. The molecule has 2 aliphatic rings. The van der Waals surface area contributed by atoms with Crippen molar-refractivity contribution in [3.05, 3.63) is 58.9 Å². The van der Waals surface area contributed by atoms with E-state index in [1.54, 1.807) is 6.07 Å². The van der Waals surface area contributed by atoms with Crippen molar-refractivity contribution < 1.29 is 9.18 Å². The number of hydrogen-bond acceptors (Lipinski definition) is 3. The molecule has 4 nitrogen and oxygen atoms in total. The maximum Gasteiger partial charge on any atom is 0.247 e. The maximum atomic E-state index is 14.0. The molecule has 27 heavy (non-hydrogen) atoms. The van der Waals surface area contributed by atoms with Gasteiger partial charge in [0.2, 0.25) is 5.91 Å². The van der Waals surface area contributed by atoms with Gasteiger partial charge in [-0.25, -0.2) is 4.39 Å². The highest BCUT2D eigenvalue weighted by molar-refractivity contribution is 5.98. The van der Waals surface area contributed by atoms with Gasteiger partial charge in [-0.3, -0.25) is 4.79 Å². The van der Waals surface area contributed by atoms with Gasteiger partial charge < -0.3 is 15.5 Å². The number of likely N-dealkylation sites (tertiary alicyclic amines) is 1. The van der Waals surface area contributed by atoms with Crippen molar-refractivity contribution in [2.75, 3.05) is 30.8 Å². The summed E-state index contributed by atoms with van der Waals surface area (Å²) < 4.78 is 14.0. The summed E-state index contributed by atoms with van der Waals surface area (Å²) in [5.41, 5.74) is 4.42. The first-order valence-electron chi connectivity index (χ1n) is 9.65. The van der Waals surface area contributed by atoms with Crippen LogP contribution in [-0.4, -0.2) is 37.0 Å². The Morgan fingerprint density at radius 3 is 2.74 bits per heavy atom. The van der Waals surface area contributed by atoms with Gasteiger partial charge in [0.1, 0.15) is 11.9 Å². The standard InChI is InChI=1S/C22H26FN3O/c1-14-6-7-19(23)18-13-20(25-21(14)18)22(27)24-17-5-3-4-16(12-17)15-8-10-26(2)11-9-15/h3-7,12,15,20,25H,8-11,13H2,1-2H3,(H,24,27). The van der Waals surface area contributed by atoms with E-state index in [0.29, 0.717) is 17.9 Å². The second-order valence-corrected chi connectivity index (χ2v) is 7.81. The summed E-state index contributed by atoms with van der Waals surface area (Å²) in [6.45, 7) is 4.14. The Balaban J connectivity index is 1.44. The van der Waals surface area contributed by atoms with Crippen molar-refractivity contribution in [1.29, 1.82) is 0 Å². The van der Waals surface area contributed by atoms with E-state index in [1.165, 1.54) is 11.6 Å². The topological polar surface area (TPSA) is 44.4 Å². The highest BCUT2D eigenvalue weighted by Gasteiger charge is 2.30. The zero-order valence-corrected chi connectivity index (χ0v) is 15.9. The number of piperidine rings is 1. The van der Waals surface area contributed by atoms with Crippen LogP contribution in [-0.2, 0) is 11.2 Å². The number of nitrogens with zero attached hydrogens (tertiary/aromatic N) is 1. The number of amides is 1. The molecular formula is C22H26FN3O. The molecule has 1 amide bonds. The second-order valence-electron chi connectivity index (χ2n) is 7.81. The third-order valence-electron chi connectivity index (χ3n) is 5.85. The van der Waals surface area contributed by atoms with Crippen LogP contribution in [0.5, 0.6) is 0 Å². The van der Waals surface area contributed by atoms with Gasteiger partial charge in [0.25, 0.3) is 0 Å². The number of benzene rings is 2. The molecule has 2 aliphatic heterocycles. The number of carbonyl (C=O) groups excluding carboxylic acids is 1. The van der Waals surface area contributed by atoms with Crippen LogP contribution < -0.4 is 10.6 Å². The Morgan fingerprint density at radius 2 is 2.00 bits per heavy atom. The minimum Gasteiger partial charge on any atom is -0.373 e. The molecule has 5 heteroatoms. The molecule has 1 fully saturated rings. The molecule has 0 bridgehead atoms. The zero-order chi connectivity index (χ0) is 19.0. The van der Waals surface area contributed by atoms with E-state index in [-0.39, 0.29) is 11.7 Å². The van der Waals surface area contributed by atoms with Gasteiger partial charge >= 0.3 is 0 Å². The number of rotatable bonds is 3. The fourth-order valence-corrected chi connectivity index (χ4v) is 4.17. The summed E-state index contributed by atoms with van der Waals surface area (Å²) >= 11 is 0. The van der Waals surface area contributed by atoms with Crippen LogP contribution in [0.25, 0.3) is 0 Å². The molecule has 142 valence electrons. The smallest absolute Gasteiger partial charge is 0.247 e. The quantitative estimate of drug-likeness (QED) is 0.864. The molecule has 0 spiro atoms. The minimum atomic E-state index is -0.442. The molecule has 2 heterocycles. The first-order valence-corrected chi connectivity index (χ1v) is 9.65. The lowest BCUT2D eigenvalue weighted by Gasteiger charge is -2.29. The van der Waals surface area contributed by atoms with Crippen molar-refractivity contribution in [2.45, 2.75) is 38.1 Å². The fourth-order valence-electron chi connectivity index (χ4n) is 4.17. The zero-order valence-electron chi connectivity index (χ0n) is 15.9. The van der Waals surface area contributed by atoms with Gasteiger partial charge in [0, 0.05) is 23.4 Å². The molecule has 0 aliphatic carbocycles. The molecule has 1 atom stereocenters. The Kier molecular flexibility index (Phi) is 4.87. The average Bonchev–Trinajstić information content (AvgIpc) is 3.13. The fraction of sp³-hybridized carbons (Fsp3) is 0.409. The van der Waals surface area contributed by atoms with Crippen molar-refractivity contribution in [2.24, 2.45) is 0 Å². The number of anilines is 2. The van der Waals surface area contributed by atoms with E-state index < -0.39 is 6.04 Å². The van der Waals surface area contributed by atoms with Crippen molar-refractivity contribution in [3.63, 3.8) is 0 Å². The Labute approximate surface area is 159 Å². The molecule has 2 aromatic carbocycles. The van der Waals surface area contributed by atoms with E-state index in [0.717, 1.165) is 42.9 Å². The van der Waals surface area contributed by atoms with E-state index in [1.807, 2.05) is 19.1 Å². The summed E-state index contributed by atoms with van der Waals surface area (Å²) in [5, 5.41) is 6.20. The summed E-state index contributed by atoms with van der Waals surface area (Å²) in [5.74, 6) is 0.178. The number of nitrogens with one attached hydrogen (secondary N) is 2. The van der Waals surface area contributed by atoms with E-state index in [9.17, 15) is 9.18 Å². The number of aryl methyl sites for hydroxylation is 1. The molecule has 2 N–H and O–H groups in total. The lowest BCUT2D eigenvalue weighted by atomic mass is 9.89. The van der Waals surface area contributed by atoms with Crippen molar-refractivity contribution in [1.82, 2.24) is 4.90 Å². The molecule has 0 saturated carbocycles. The van der Waals surface area contributed by atoms with Gasteiger partial charge in [-0.2, -0.15) is 0 Å². The van der Waals surface area contributed by atoms with E-state index in [2.05, 4.69) is 34.7 Å². The first kappa shape index (κ1) is 18.0. The highest BCUT2D eigenvalue weighted by atomic mass is 19.1. The van der Waals surface area contributed by atoms with Crippen LogP contribution in [0, 0.1) is 12.7 Å². The molecular weight excluding hydrogens is 341 g/mol. The summed E-state index contributed by atoms with van der Waals surface area (Å²) in [7, 11) is 2.16. The monoisotopic (exact) mass is 367 g/mol. The van der Waals surface area contributed by atoms with Crippen LogP contribution in [0.15, 0.2) is 36.4 Å². The van der Waals surface area contributed by atoms with Gasteiger partial charge in [-0.15, -0.1) is 0 Å². The molecule has 1 saturated heterocycles. The third kappa shape index (κ3) is 3.69. The molecule has 0 aromatic heterocycles. The SMILES string of the molecule is Cc1ccc(F)c2c1NC(C(=O)Nc1cccc(C3CCN(C)CC3)c1)C2. The molecule has 4 rings (SSSR count). The molecule has 1 unspecified atom stereocenters. The van der Waals surface area contributed by atoms with Crippen molar-refractivity contribution in [3.8, 4) is 0 Å². The van der Waals surface area contributed by atoms with Gasteiger partial charge in [0.15, 0.2) is 0 Å². The largest absolute Gasteiger partial charge is 0.373 e. The predicted octanol–water partition coefficient (Wildman–Crippen LogP) is 3.92. The predicted molar refractivity (Wildman–Crippen MR) is 107 cm³/mol. The number of carbonyl (C=O) groups is 1. The van der Waals surface area contributed by atoms with Crippen LogP contribution in [0.2, 0.25) is 0 Å². The van der Waals surface area contributed by atoms with Crippen molar-refractivity contribution >= 4 is 17.3 Å². The lowest BCUT2D eigenvalue weighted by Crippen LogP contribution is -2.33. The van der Waals surface area contributed by atoms with Gasteiger partial charge in [-0.05, 0) is 75.1 Å². The maximum absolute atomic E-state index is 14.0. The third-order valence-corrected chi connectivity index (χ3v) is 5.85. The van der Waals surface area contributed by atoms with Gasteiger partial charge in [0.05, 0.1) is 0 Å². The normalized spacial score (nSPS) is 20.2. The summed E-state index contributed by atoms with van der Waals surface area (Å²) in [6, 6.07) is 10.9. The average molecular weight is 367 g/mol. The van der Waals surface area contributed by atoms with Crippen LogP contribution in [0.1, 0.15) is 35.4 Å². The summed E-state index contributed by atoms with van der Waals surface area (Å²) in [6.07, 6.45) is 2.67. The Bertz CT molecular complexity index is 828. The summed E-state index contributed by atoms with van der Waals surface area (Å²) in [4.78, 5) is 15.1. The number of hydrogen-bond donors (Lipinski definition) is 2. The second kappa shape index (κ2) is 7.31. The Hall–Kier alpha value is -2.40. The lowest BCUT2D eigenvalue weighted by molar-refractivity contribution is -0.116. The van der Waals surface area contributed by atoms with Crippen LogP contribution in [0.4, 0.5) is 15.8 Å². The minimum absolute atomic E-state index is 0.120. The van der Waals surface area contributed by atoms with Crippen LogP contribution in [0.3, 0.4) is 0 Å². The first-order chi connectivity index (χ1) is 13.0. The Morgan fingerprint density at radius 1 is 1.22 bits per heavy atom. The van der Waals surface area contributed by atoms with E-state index in [4.69, 9.17) is 0 Å². The number of fused-ring (bicyclic) bond motifs is 1. The van der Waals surface area contributed by atoms with Crippen LogP contribution >= 0.6 is 0 Å².